The minimum absolute atomic E-state index is 0.178. The number of rotatable bonds is 4. The molecule has 152 valence electrons. The van der Waals surface area contributed by atoms with Gasteiger partial charge in [-0.25, -0.2) is 0 Å². The van der Waals surface area contributed by atoms with Crippen molar-refractivity contribution in [2.45, 2.75) is 36.6 Å². The number of fused-ring (bicyclic) bond motifs is 2. The van der Waals surface area contributed by atoms with E-state index in [4.69, 9.17) is 4.18 Å². The smallest absolute Gasteiger partial charge is 0.296 e. The van der Waals surface area contributed by atoms with Crippen molar-refractivity contribution in [3.05, 3.63) is 65.4 Å². The highest BCUT2D eigenvalue weighted by molar-refractivity contribution is 7.86. The normalized spacial score (nSPS) is 24.6. The molecular formula is C23H26N2O3S. The minimum atomic E-state index is -3.73. The topological polar surface area (TPSA) is 62.4 Å². The lowest BCUT2D eigenvalue weighted by atomic mass is 9.72. The number of hydrogen-bond donors (Lipinski definition) is 1. The monoisotopic (exact) mass is 410 g/mol. The van der Waals surface area contributed by atoms with Gasteiger partial charge in [-0.2, -0.15) is 8.42 Å². The molecule has 1 aliphatic heterocycles. The Morgan fingerprint density at radius 1 is 1.17 bits per heavy atom. The van der Waals surface area contributed by atoms with Crippen LogP contribution in [0.2, 0.25) is 0 Å². The first kappa shape index (κ1) is 18.9. The predicted molar refractivity (Wildman–Crippen MR) is 114 cm³/mol. The van der Waals surface area contributed by atoms with E-state index >= 15 is 0 Å². The molecule has 1 N–H and O–H groups in total. The Kier molecular flexibility index (Phi) is 4.53. The van der Waals surface area contributed by atoms with Crippen molar-refractivity contribution >= 4 is 21.0 Å². The maximum Gasteiger partial charge on any atom is 0.296 e. The summed E-state index contributed by atoms with van der Waals surface area (Å²) in [6.45, 7) is 3.01. The third-order valence-electron chi connectivity index (χ3n) is 6.58. The summed E-state index contributed by atoms with van der Waals surface area (Å²) in [7, 11) is -1.58. The Hall–Kier alpha value is -2.15. The van der Waals surface area contributed by atoms with Gasteiger partial charge in [-0.3, -0.25) is 4.18 Å². The summed E-state index contributed by atoms with van der Waals surface area (Å²) in [5, 5.41) is 1.36. The number of piperidine rings is 1. The molecule has 1 unspecified atom stereocenters. The van der Waals surface area contributed by atoms with E-state index in [1.54, 1.807) is 24.3 Å². The Morgan fingerprint density at radius 2 is 1.97 bits per heavy atom. The second-order valence-electron chi connectivity index (χ2n) is 8.55. The average molecular weight is 411 g/mol. The van der Waals surface area contributed by atoms with Crippen LogP contribution in [0.25, 0.3) is 10.9 Å². The molecule has 29 heavy (non-hydrogen) atoms. The molecule has 5 rings (SSSR count). The van der Waals surface area contributed by atoms with Gasteiger partial charge in [0.1, 0.15) is 0 Å². The van der Waals surface area contributed by atoms with Crippen molar-refractivity contribution < 1.29 is 12.6 Å². The predicted octanol–water partition coefficient (Wildman–Crippen LogP) is 3.84. The van der Waals surface area contributed by atoms with E-state index in [9.17, 15) is 8.42 Å². The van der Waals surface area contributed by atoms with E-state index in [0.29, 0.717) is 12.0 Å². The van der Waals surface area contributed by atoms with Gasteiger partial charge in [0.2, 0.25) is 0 Å². The molecule has 1 aromatic heterocycles. The van der Waals surface area contributed by atoms with Crippen LogP contribution in [-0.4, -0.2) is 44.5 Å². The van der Waals surface area contributed by atoms with E-state index in [1.165, 1.54) is 22.0 Å². The highest BCUT2D eigenvalue weighted by Crippen LogP contribution is 2.44. The molecule has 6 heteroatoms. The molecule has 3 atom stereocenters. The van der Waals surface area contributed by atoms with Crippen molar-refractivity contribution in [1.29, 1.82) is 0 Å². The highest BCUT2D eigenvalue weighted by atomic mass is 32.2. The molecule has 1 aliphatic carbocycles. The summed E-state index contributed by atoms with van der Waals surface area (Å²) in [5.74, 6) is 0.577. The van der Waals surface area contributed by atoms with Crippen LogP contribution in [0.4, 0.5) is 0 Å². The largest absolute Gasteiger partial charge is 0.361 e. The number of likely N-dealkylation sites (tertiary alicyclic amines) is 1. The lowest BCUT2D eigenvalue weighted by molar-refractivity contribution is 0.0854. The molecule has 0 spiro atoms. The van der Waals surface area contributed by atoms with Crippen LogP contribution < -0.4 is 0 Å². The second kappa shape index (κ2) is 6.97. The maximum atomic E-state index is 12.6. The number of benzene rings is 2. The van der Waals surface area contributed by atoms with E-state index < -0.39 is 10.1 Å². The van der Waals surface area contributed by atoms with Gasteiger partial charge in [0.05, 0.1) is 11.5 Å². The SMILES string of the molecule is Cc1ccc(S(=O)(=O)OCC2C[C@@H]3c4cccc5[nH]cc(c45)C[C@H]3N(C)C2)cc1. The van der Waals surface area contributed by atoms with E-state index in [1.807, 2.05) is 6.92 Å². The fraction of sp³-hybridized carbons (Fsp3) is 0.391. The van der Waals surface area contributed by atoms with Gasteiger partial charge in [-0.1, -0.05) is 29.8 Å². The van der Waals surface area contributed by atoms with E-state index in [2.05, 4.69) is 41.3 Å². The first-order valence-electron chi connectivity index (χ1n) is 10.2. The third-order valence-corrected chi connectivity index (χ3v) is 7.88. The van der Waals surface area contributed by atoms with Crippen molar-refractivity contribution in [2.24, 2.45) is 5.92 Å². The number of nitrogens with one attached hydrogen (secondary N) is 1. The molecule has 2 aromatic carbocycles. The zero-order chi connectivity index (χ0) is 20.2. The molecule has 2 heterocycles. The number of aromatic nitrogens is 1. The zero-order valence-electron chi connectivity index (χ0n) is 16.8. The molecule has 2 aliphatic rings. The van der Waals surface area contributed by atoms with Crippen molar-refractivity contribution in [3.63, 3.8) is 0 Å². The number of aryl methyl sites for hydroxylation is 1. The Morgan fingerprint density at radius 3 is 2.76 bits per heavy atom. The van der Waals surface area contributed by atoms with Gasteiger partial charge in [0.15, 0.2) is 0 Å². The quantitative estimate of drug-likeness (QED) is 0.664. The number of H-pyrrole nitrogens is 1. The van der Waals surface area contributed by atoms with Crippen LogP contribution in [0.1, 0.15) is 29.0 Å². The van der Waals surface area contributed by atoms with E-state index in [-0.39, 0.29) is 17.4 Å². The molecule has 5 nitrogen and oxygen atoms in total. The highest BCUT2D eigenvalue weighted by Gasteiger charge is 2.39. The van der Waals surface area contributed by atoms with Crippen LogP contribution in [0.3, 0.4) is 0 Å². The number of aromatic amines is 1. The first-order chi connectivity index (χ1) is 13.9. The Bertz CT molecular complexity index is 1150. The van der Waals surface area contributed by atoms with Crippen molar-refractivity contribution in [2.75, 3.05) is 20.2 Å². The van der Waals surface area contributed by atoms with Gasteiger partial charge >= 0.3 is 0 Å². The lowest BCUT2D eigenvalue weighted by Crippen LogP contribution is -2.48. The van der Waals surface area contributed by atoms with Gasteiger partial charge in [0, 0.05) is 35.6 Å². The van der Waals surface area contributed by atoms with Crippen LogP contribution in [0.5, 0.6) is 0 Å². The van der Waals surface area contributed by atoms with Crippen LogP contribution in [0, 0.1) is 12.8 Å². The molecule has 0 bridgehead atoms. The molecule has 0 radical (unpaired) electrons. The summed E-state index contributed by atoms with van der Waals surface area (Å²) >= 11 is 0. The number of nitrogens with zero attached hydrogens (tertiary/aromatic N) is 1. The standard InChI is InChI=1S/C23H26N2O3S/c1-15-6-8-18(9-7-15)29(26,27)28-14-16-10-20-19-4-3-5-21-23(19)17(12-24-21)11-22(20)25(2)13-16/h3-9,12,16,20,22,24H,10-11,13-14H2,1-2H3/t16?,20-,22-/m1/s1. The maximum absolute atomic E-state index is 12.6. The van der Waals surface area contributed by atoms with Gasteiger partial charge in [0.25, 0.3) is 10.1 Å². The molecule has 0 saturated carbocycles. The second-order valence-corrected chi connectivity index (χ2v) is 10.2. The summed E-state index contributed by atoms with van der Waals surface area (Å²) in [5.41, 5.74) is 4.99. The van der Waals surface area contributed by atoms with Crippen LogP contribution >= 0.6 is 0 Å². The Balaban J connectivity index is 1.36. The van der Waals surface area contributed by atoms with E-state index in [0.717, 1.165) is 24.9 Å². The van der Waals surface area contributed by atoms with Crippen LogP contribution in [0.15, 0.2) is 53.6 Å². The fourth-order valence-electron chi connectivity index (χ4n) is 5.13. The van der Waals surface area contributed by atoms with Crippen molar-refractivity contribution in [3.8, 4) is 0 Å². The summed E-state index contributed by atoms with van der Waals surface area (Å²) in [6.07, 6.45) is 4.12. The molecule has 0 amide bonds. The molecule has 1 fully saturated rings. The number of likely N-dealkylation sites (N-methyl/N-ethyl adjacent to an activating group) is 1. The molecular weight excluding hydrogens is 384 g/mol. The summed E-state index contributed by atoms with van der Waals surface area (Å²) in [6, 6.07) is 13.8. The van der Waals surface area contributed by atoms with Gasteiger partial charge < -0.3 is 9.88 Å². The Labute approximate surface area is 171 Å². The summed E-state index contributed by atoms with van der Waals surface area (Å²) < 4.78 is 30.7. The van der Waals surface area contributed by atoms with Crippen molar-refractivity contribution in [1.82, 2.24) is 9.88 Å². The molecule has 1 saturated heterocycles. The van der Waals surface area contributed by atoms with Gasteiger partial charge in [-0.15, -0.1) is 0 Å². The lowest BCUT2D eigenvalue weighted by Gasteiger charge is -2.45. The van der Waals surface area contributed by atoms with Crippen LogP contribution in [-0.2, 0) is 20.7 Å². The fourth-order valence-corrected chi connectivity index (χ4v) is 6.11. The molecule has 3 aromatic rings. The minimum Gasteiger partial charge on any atom is -0.361 e. The third kappa shape index (κ3) is 3.29. The zero-order valence-corrected chi connectivity index (χ0v) is 17.6. The average Bonchev–Trinajstić information content (AvgIpc) is 3.12. The first-order valence-corrected chi connectivity index (χ1v) is 11.6. The number of hydrogen-bond acceptors (Lipinski definition) is 4. The van der Waals surface area contributed by atoms with Gasteiger partial charge in [-0.05, 0) is 62.1 Å². The summed E-state index contributed by atoms with van der Waals surface area (Å²) in [4.78, 5) is 6.01.